The molecule has 0 aromatic rings. The molecule has 0 amide bonds. The van der Waals surface area contributed by atoms with Crippen molar-refractivity contribution in [1.82, 2.24) is 15.1 Å². The lowest BCUT2D eigenvalue weighted by atomic mass is 10.1. The zero-order valence-electron chi connectivity index (χ0n) is 10.9. The van der Waals surface area contributed by atoms with Crippen LogP contribution in [0.4, 0.5) is 0 Å². The molecule has 0 aromatic carbocycles. The first kappa shape index (κ1) is 12.3. The van der Waals surface area contributed by atoms with Crippen molar-refractivity contribution in [3.8, 4) is 0 Å². The van der Waals surface area contributed by atoms with E-state index >= 15 is 0 Å². The molecule has 16 heavy (non-hydrogen) atoms. The highest BCUT2D eigenvalue weighted by atomic mass is 15.3. The maximum atomic E-state index is 3.61. The monoisotopic (exact) mass is 225 g/mol. The standard InChI is InChI=1S/C13H27N3/c1-3-15-8-10-16(11-9-15)12(2)6-7-14-13-4-5-13/h12-14H,3-11H2,1-2H3. The highest BCUT2D eigenvalue weighted by Gasteiger charge is 2.22. The Balaban J connectivity index is 1.59. The smallest absolute Gasteiger partial charge is 0.0113 e. The summed E-state index contributed by atoms with van der Waals surface area (Å²) in [6.07, 6.45) is 4.12. The van der Waals surface area contributed by atoms with Crippen LogP contribution in [-0.2, 0) is 0 Å². The van der Waals surface area contributed by atoms with Crippen molar-refractivity contribution in [2.75, 3.05) is 39.3 Å². The fraction of sp³-hybridized carbons (Fsp3) is 1.00. The molecule has 1 heterocycles. The maximum Gasteiger partial charge on any atom is 0.0113 e. The minimum absolute atomic E-state index is 0.755. The molecular formula is C13H27N3. The Morgan fingerprint density at radius 1 is 1.19 bits per heavy atom. The second kappa shape index (κ2) is 5.99. The van der Waals surface area contributed by atoms with Crippen LogP contribution < -0.4 is 5.32 Å². The predicted molar refractivity (Wildman–Crippen MR) is 68.8 cm³/mol. The average Bonchev–Trinajstić information content (AvgIpc) is 3.13. The summed E-state index contributed by atoms with van der Waals surface area (Å²) in [5.41, 5.74) is 0. The van der Waals surface area contributed by atoms with E-state index in [1.807, 2.05) is 0 Å². The van der Waals surface area contributed by atoms with E-state index in [0.717, 1.165) is 12.1 Å². The van der Waals surface area contributed by atoms with Gasteiger partial charge in [0.05, 0.1) is 0 Å². The van der Waals surface area contributed by atoms with Crippen LogP contribution >= 0.6 is 0 Å². The van der Waals surface area contributed by atoms with Gasteiger partial charge in [0.1, 0.15) is 0 Å². The molecule has 1 aliphatic carbocycles. The van der Waals surface area contributed by atoms with Crippen LogP contribution in [0.25, 0.3) is 0 Å². The molecule has 1 aliphatic heterocycles. The van der Waals surface area contributed by atoms with Gasteiger partial charge in [-0.2, -0.15) is 0 Å². The quantitative estimate of drug-likeness (QED) is 0.732. The summed E-state index contributed by atoms with van der Waals surface area (Å²) in [6, 6.07) is 1.62. The van der Waals surface area contributed by atoms with E-state index in [4.69, 9.17) is 0 Å². The Hall–Kier alpha value is -0.120. The molecule has 2 aliphatic rings. The lowest BCUT2D eigenvalue weighted by Gasteiger charge is -2.37. The molecular weight excluding hydrogens is 198 g/mol. The molecule has 0 bridgehead atoms. The highest BCUT2D eigenvalue weighted by Crippen LogP contribution is 2.18. The number of piperazine rings is 1. The summed E-state index contributed by atoms with van der Waals surface area (Å²) in [5, 5.41) is 3.61. The van der Waals surface area contributed by atoms with E-state index in [0.29, 0.717) is 0 Å². The molecule has 0 spiro atoms. The molecule has 2 rings (SSSR count). The van der Waals surface area contributed by atoms with E-state index in [2.05, 4.69) is 29.0 Å². The molecule has 1 N–H and O–H groups in total. The minimum Gasteiger partial charge on any atom is -0.314 e. The van der Waals surface area contributed by atoms with E-state index in [9.17, 15) is 0 Å². The van der Waals surface area contributed by atoms with Crippen molar-refractivity contribution < 1.29 is 0 Å². The van der Waals surface area contributed by atoms with Gasteiger partial charge >= 0.3 is 0 Å². The highest BCUT2D eigenvalue weighted by molar-refractivity contribution is 4.82. The molecule has 1 saturated heterocycles. The van der Waals surface area contributed by atoms with Crippen LogP contribution in [0.2, 0.25) is 0 Å². The van der Waals surface area contributed by atoms with Gasteiger partial charge in [0, 0.05) is 38.3 Å². The summed E-state index contributed by atoms with van der Waals surface area (Å²) in [5.74, 6) is 0. The Bertz CT molecular complexity index is 195. The topological polar surface area (TPSA) is 18.5 Å². The van der Waals surface area contributed by atoms with Gasteiger partial charge in [-0.15, -0.1) is 0 Å². The number of nitrogens with one attached hydrogen (secondary N) is 1. The van der Waals surface area contributed by atoms with Gasteiger partial charge in [-0.3, -0.25) is 4.90 Å². The van der Waals surface area contributed by atoms with Crippen molar-refractivity contribution in [3.05, 3.63) is 0 Å². The van der Waals surface area contributed by atoms with Gasteiger partial charge in [0.15, 0.2) is 0 Å². The van der Waals surface area contributed by atoms with Crippen molar-refractivity contribution in [2.45, 2.75) is 45.2 Å². The fourth-order valence-corrected chi connectivity index (χ4v) is 2.49. The summed E-state index contributed by atoms with van der Waals surface area (Å²) >= 11 is 0. The Morgan fingerprint density at radius 3 is 2.44 bits per heavy atom. The van der Waals surface area contributed by atoms with Crippen LogP contribution in [0.15, 0.2) is 0 Å². The zero-order valence-corrected chi connectivity index (χ0v) is 10.9. The normalized spacial score (nSPS) is 25.9. The Kier molecular flexibility index (Phi) is 4.62. The first-order valence-electron chi connectivity index (χ1n) is 6.99. The van der Waals surface area contributed by atoms with Crippen LogP contribution in [-0.4, -0.2) is 61.2 Å². The number of rotatable bonds is 6. The van der Waals surface area contributed by atoms with Gasteiger partial charge in [0.2, 0.25) is 0 Å². The van der Waals surface area contributed by atoms with Crippen LogP contribution in [0.1, 0.15) is 33.1 Å². The van der Waals surface area contributed by atoms with Crippen LogP contribution in [0.5, 0.6) is 0 Å². The number of likely N-dealkylation sites (N-methyl/N-ethyl adjacent to an activating group) is 1. The van der Waals surface area contributed by atoms with Crippen LogP contribution in [0, 0.1) is 0 Å². The fourth-order valence-electron chi connectivity index (χ4n) is 2.49. The Labute approximate surface area is 100 Å². The molecule has 1 atom stereocenters. The number of hydrogen-bond donors (Lipinski definition) is 1. The molecule has 3 nitrogen and oxygen atoms in total. The van der Waals surface area contributed by atoms with E-state index in [-0.39, 0.29) is 0 Å². The first-order valence-corrected chi connectivity index (χ1v) is 6.99. The summed E-state index contributed by atoms with van der Waals surface area (Å²) in [4.78, 5) is 5.20. The second-order valence-electron chi connectivity index (χ2n) is 5.34. The van der Waals surface area contributed by atoms with Crippen molar-refractivity contribution >= 4 is 0 Å². The zero-order chi connectivity index (χ0) is 11.4. The maximum absolute atomic E-state index is 3.61. The molecule has 0 radical (unpaired) electrons. The molecule has 1 saturated carbocycles. The average molecular weight is 225 g/mol. The largest absolute Gasteiger partial charge is 0.314 e. The van der Waals surface area contributed by atoms with Crippen molar-refractivity contribution in [1.29, 1.82) is 0 Å². The van der Waals surface area contributed by atoms with Gasteiger partial charge < -0.3 is 10.2 Å². The van der Waals surface area contributed by atoms with Gasteiger partial charge in [-0.05, 0) is 39.3 Å². The lowest BCUT2D eigenvalue weighted by Crippen LogP contribution is -2.49. The third-order valence-electron chi connectivity index (χ3n) is 4.05. The summed E-state index contributed by atoms with van der Waals surface area (Å²) < 4.78 is 0. The van der Waals surface area contributed by atoms with E-state index in [1.165, 1.54) is 58.5 Å². The summed E-state index contributed by atoms with van der Waals surface area (Å²) in [7, 11) is 0. The van der Waals surface area contributed by atoms with Gasteiger partial charge in [0.25, 0.3) is 0 Å². The minimum atomic E-state index is 0.755. The molecule has 3 heteroatoms. The van der Waals surface area contributed by atoms with Gasteiger partial charge in [-0.1, -0.05) is 6.92 Å². The molecule has 2 fully saturated rings. The number of nitrogens with zero attached hydrogens (tertiary/aromatic N) is 2. The molecule has 0 aromatic heterocycles. The van der Waals surface area contributed by atoms with Crippen molar-refractivity contribution in [2.24, 2.45) is 0 Å². The molecule has 1 unspecified atom stereocenters. The van der Waals surface area contributed by atoms with Gasteiger partial charge in [-0.25, -0.2) is 0 Å². The summed E-state index contributed by atoms with van der Waals surface area (Å²) in [6.45, 7) is 12.1. The second-order valence-corrected chi connectivity index (χ2v) is 5.34. The van der Waals surface area contributed by atoms with Crippen LogP contribution in [0.3, 0.4) is 0 Å². The Morgan fingerprint density at radius 2 is 1.88 bits per heavy atom. The lowest BCUT2D eigenvalue weighted by molar-refractivity contribution is 0.102. The SMILES string of the molecule is CCN1CCN(C(C)CCNC2CC2)CC1. The van der Waals surface area contributed by atoms with E-state index in [1.54, 1.807) is 0 Å². The van der Waals surface area contributed by atoms with E-state index < -0.39 is 0 Å². The third-order valence-corrected chi connectivity index (χ3v) is 4.05. The third kappa shape index (κ3) is 3.72. The predicted octanol–water partition coefficient (Wildman–Crippen LogP) is 1.15. The first-order chi connectivity index (χ1) is 7.79. The van der Waals surface area contributed by atoms with Crippen molar-refractivity contribution in [3.63, 3.8) is 0 Å². The number of hydrogen-bond acceptors (Lipinski definition) is 3. The molecule has 94 valence electrons.